The van der Waals surface area contributed by atoms with Crippen molar-refractivity contribution in [1.82, 2.24) is 4.90 Å². The zero-order valence-electron chi connectivity index (χ0n) is 11.0. The minimum Gasteiger partial charge on any atom is -0.383 e. The Morgan fingerprint density at radius 3 is 2.47 bits per heavy atom. The molecule has 0 N–H and O–H groups in total. The molecule has 1 aliphatic rings. The van der Waals surface area contributed by atoms with Crippen LogP contribution in [-0.2, 0) is 9.59 Å². The van der Waals surface area contributed by atoms with Crippen LogP contribution < -0.4 is 4.90 Å². The molecule has 0 aliphatic carbocycles. The fourth-order valence-electron chi connectivity index (χ4n) is 1.87. The maximum absolute atomic E-state index is 12.2. The molecule has 4 heteroatoms. The monoisotopic (exact) mass is 256 g/mol. The molecule has 0 atom stereocenters. The van der Waals surface area contributed by atoms with Crippen molar-refractivity contribution in [3.63, 3.8) is 0 Å². The van der Waals surface area contributed by atoms with Gasteiger partial charge in [0.2, 0.25) is 5.91 Å². The standard InChI is InChI=1S/C15H16N2O2/c1-16(2)10-6-7-12-11-14(18)17(15(12)19)13-8-4-3-5-9-13/h3-10H,11H2,1-2H3/b10-6+,12-7+. The third kappa shape index (κ3) is 2.91. The smallest absolute Gasteiger partial charge is 0.261 e. The van der Waals surface area contributed by atoms with E-state index in [0.29, 0.717) is 11.3 Å². The van der Waals surface area contributed by atoms with Gasteiger partial charge in [-0.1, -0.05) is 24.3 Å². The van der Waals surface area contributed by atoms with Crippen LogP contribution in [0.3, 0.4) is 0 Å². The highest BCUT2D eigenvalue weighted by atomic mass is 16.2. The van der Waals surface area contributed by atoms with Crippen molar-refractivity contribution in [2.24, 2.45) is 0 Å². The predicted molar refractivity (Wildman–Crippen MR) is 74.5 cm³/mol. The highest BCUT2D eigenvalue weighted by Crippen LogP contribution is 2.25. The summed E-state index contributed by atoms with van der Waals surface area (Å²) < 4.78 is 0. The SMILES string of the molecule is CN(C)/C=C/C=C1\CC(=O)N(c2ccccc2)C1=O. The second-order valence-corrected chi connectivity index (χ2v) is 4.54. The lowest BCUT2D eigenvalue weighted by atomic mass is 10.2. The van der Waals surface area contributed by atoms with Crippen LogP contribution in [0.1, 0.15) is 6.42 Å². The molecule has 1 heterocycles. The summed E-state index contributed by atoms with van der Waals surface area (Å²) in [6, 6.07) is 8.99. The zero-order chi connectivity index (χ0) is 13.8. The first-order chi connectivity index (χ1) is 9.09. The highest BCUT2D eigenvalue weighted by Gasteiger charge is 2.34. The fourth-order valence-corrected chi connectivity index (χ4v) is 1.87. The number of nitrogens with zero attached hydrogens (tertiary/aromatic N) is 2. The van der Waals surface area contributed by atoms with Crippen molar-refractivity contribution < 1.29 is 9.59 Å². The van der Waals surface area contributed by atoms with E-state index in [1.54, 1.807) is 24.3 Å². The molecule has 1 fully saturated rings. The Labute approximate surface area is 112 Å². The third-order valence-electron chi connectivity index (χ3n) is 2.76. The molecule has 0 unspecified atom stereocenters. The van der Waals surface area contributed by atoms with Gasteiger partial charge >= 0.3 is 0 Å². The van der Waals surface area contributed by atoms with Gasteiger partial charge in [0.25, 0.3) is 5.91 Å². The number of hydrogen-bond donors (Lipinski definition) is 0. The number of anilines is 1. The Bertz CT molecular complexity index is 545. The van der Waals surface area contributed by atoms with Crippen LogP contribution in [0.25, 0.3) is 0 Å². The average molecular weight is 256 g/mol. The van der Waals surface area contributed by atoms with E-state index in [2.05, 4.69) is 0 Å². The fraction of sp³-hybridized carbons (Fsp3) is 0.200. The first kappa shape index (κ1) is 13.1. The van der Waals surface area contributed by atoms with Gasteiger partial charge in [-0.05, 0) is 24.4 Å². The minimum absolute atomic E-state index is 0.158. The van der Waals surface area contributed by atoms with Crippen molar-refractivity contribution in [2.45, 2.75) is 6.42 Å². The maximum Gasteiger partial charge on any atom is 0.261 e. The second kappa shape index (κ2) is 5.52. The average Bonchev–Trinajstić information content (AvgIpc) is 2.65. The summed E-state index contributed by atoms with van der Waals surface area (Å²) in [6.07, 6.45) is 5.46. The molecule has 19 heavy (non-hydrogen) atoms. The van der Waals surface area contributed by atoms with Gasteiger partial charge in [-0.15, -0.1) is 0 Å². The lowest BCUT2D eigenvalue weighted by Crippen LogP contribution is -2.28. The molecule has 1 saturated heterocycles. The molecule has 2 rings (SSSR count). The Hall–Kier alpha value is -2.36. The largest absolute Gasteiger partial charge is 0.383 e. The molecular weight excluding hydrogens is 240 g/mol. The molecule has 0 bridgehead atoms. The number of carbonyl (C=O) groups excluding carboxylic acids is 2. The van der Waals surface area contributed by atoms with E-state index in [-0.39, 0.29) is 18.2 Å². The highest BCUT2D eigenvalue weighted by molar-refractivity contribution is 6.28. The van der Waals surface area contributed by atoms with E-state index in [0.717, 1.165) is 0 Å². The molecule has 0 saturated carbocycles. The third-order valence-corrected chi connectivity index (χ3v) is 2.76. The van der Waals surface area contributed by atoms with Crippen LogP contribution >= 0.6 is 0 Å². The van der Waals surface area contributed by atoms with E-state index in [1.165, 1.54) is 4.90 Å². The van der Waals surface area contributed by atoms with Gasteiger partial charge < -0.3 is 4.90 Å². The topological polar surface area (TPSA) is 40.6 Å². The summed E-state index contributed by atoms with van der Waals surface area (Å²) in [6.45, 7) is 0. The van der Waals surface area contributed by atoms with Crippen LogP contribution in [-0.4, -0.2) is 30.8 Å². The first-order valence-corrected chi connectivity index (χ1v) is 6.05. The summed E-state index contributed by atoms with van der Waals surface area (Å²) in [5.41, 5.74) is 1.14. The van der Waals surface area contributed by atoms with Gasteiger partial charge in [0, 0.05) is 19.7 Å². The molecular formula is C15H16N2O2. The molecule has 0 aromatic heterocycles. The van der Waals surface area contributed by atoms with Gasteiger partial charge in [0.1, 0.15) is 0 Å². The Kier molecular flexibility index (Phi) is 3.80. The van der Waals surface area contributed by atoms with Gasteiger partial charge in [0.15, 0.2) is 0 Å². The molecule has 1 aliphatic heterocycles. The lowest BCUT2D eigenvalue weighted by molar-refractivity contribution is -0.120. The maximum atomic E-state index is 12.2. The number of allylic oxidation sites excluding steroid dienone is 2. The summed E-state index contributed by atoms with van der Waals surface area (Å²) in [7, 11) is 3.79. The number of amides is 2. The quantitative estimate of drug-likeness (QED) is 0.613. The van der Waals surface area contributed by atoms with E-state index in [4.69, 9.17) is 0 Å². The number of benzene rings is 1. The number of rotatable bonds is 3. The molecule has 0 radical (unpaired) electrons. The number of para-hydroxylation sites is 1. The van der Waals surface area contributed by atoms with Gasteiger partial charge in [-0.3, -0.25) is 9.59 Å². The van der Waals surface area contributed by atoms with Crippen LogP contribution in [0, 0.1) is 0 Å². The van der Waals surface area contributed by atoms with Gasteiger partial charge in [0.05, 0.1) is 12.1 Å². The molecule has 1 aromatic rings. The normalized spacial score (nSPS) is 17.8. The van der Waals surface area contributed by atoms with E-state index >= 15 is 0 Å². The first-order valence-electron chi connectivity index (χ1n) is 6.05. The van der Waals surface area contributed by atoms with E-state index < -0.39 is 0 Å². The summed E-state index contributed by atoms with van der Waals surface area (Å²) in [5, 5.41) is 0. The van der Waals surface area contributed by atoms with Crippen molar-refractivity contribution in [3.05, 3.63) is 54.3 Å². The van der Waals surface area contributed by atoms with Crippen LogP contribution in [0.15, 0.2) is 54.3 Å². The lowest BCUT2D eigenvalue weighted by Gasteiger charge is -2.12. The van der Waals surface area contributed by atoms with Gasteiger partial charge in [-0.25, -0.2) is 4.90 Å². The summed E-state index contributed by atoms with van der Waals surface area (Å²) in [4.78, 5) is 27.2. The Balaban J connectivity index is 2.22. The number of carbonyl (C=O) groups is 2. The van der Waals surface area contributed by atoms with Crippen molar-refractivity contribution in [2.75, 3.05) is 19.0 Å². The molecule has 0 spiro atoms. The Morgan fingerprint density at radius 1 is 1.16 bits per heavy atom. The molecule has 2 amide bonds. The predicted octanol–water partition coefficient (Wildman–Crippen LogP) is 1.95. The van der Waals surface area contributed by atoms with Crippen molar-refractivity contribution in [1.29, 1.82) is 0 Å². The van der Waals surface area contributed by atoms with Crippen molar-refractivity contribution in [3.8, 4) is 0 Å². The van der Waals surface area contributed by atoms with Crippen LogP contribution in [0.5, 0.6) is 0 Å². The Morgan fingerprint density at radius 2 is 1.84 bits per heavy atom. The zero-order valence-corrected chi connectivity index (χ0v) is 11.0. The molecule has 1 aromatic carbocycles. The van der Waals surface area contributed by atoms with E-state index in [9.17, 15) is 9.59 Å². The number of hydrogen-bond acceptors (Lipinski definition) is 3. The van der Waals surface area contributed by atoms with Crippen molar-refractivity contribution >= 4 is 17.5 Å². The minimum atomic E-state index is -0.236. The second-order valence-electron chi connectivity index (χ2n) is 4.54. The van der Waals surface area contributed by atoms with Crippen LogP contribution in [0.4, 0.5) is 5.69 Å². The molecule has 98 valence electrons. The summed E-state index contributed by atoms with van der Waals surface area (Å²) in [5.74, 6) is -0.416. The number of imide groups is 1. The summed E-state index contributed by atoms with van der Waals surface area (Å²) >= 11 is 0. The van der Waals surface area contributed by atoms with Crippen LogP contribution in [0.2, 0.25) is 0 Å². The van der Waals surface area contributed by atoms with Gasteiger partial charge in [-0.2, -0.15) is 0 Å². The molecule has 4 nitrogen and oxygen atoms in total. The van der Waals surface area contributed by atoms with E-state index in [1.807, 2.05) is 43.4 Å².